The van der Waals surface area contributed by atoms with Crippen LogP contribution in [0, 0.1) is 5.92 Å². The van der Waals surface area contributed by atoms with E-state index >= 15 is 0 Å². The number of carbonyl (C=O) groups is 3. The molecular formula is C18H32N2O5. The van der Waals surface area contributed by atoms with Gasteiger partial charge in [-0.1, -0.05) is 6.92 Å². The van der Waals surface area contributed by atoms with Gasteiger partial charge < -0.3 is 20.1 Å². The molecule has 1 fully saturated rings. The van der Waals surface area contributed by atoms with Gasteiger partial charge in [0, 0.05) is 24.9 Å². The lowest BCUT2D eigenvalue weighted by Crippen LogP contribution is -2.40. The fourth-order valence-corrected chi connectivity index (χ4v) is 2.84. The Labute approximate surface area is 150 Å². The van der Waals surface area contributed by atoms with E-state index in [9.17, 15) is 14.4 Å². The number of ether oxygens (including phenoxy) is 2. The molecule has 0 aromatic heterocycles. The van der Waals surface area contributed by atoms with Crippen LogP contribution in [-0.2, 0) is 23.9 Å². The van der Waals surface area contributed by atoms with Gasteiger partial charge in [-0.15, -0.1) is 0 Å². The number of carbonyl (C=O) groups excluding carboxylic acids is 3. The molecule has 1 aliphatic rings. The van der Waals surface area contributed by atoms with Gasteiger partial charge in [-0.05, 0) is 39.5 Å². The Morgan fingerprint density at radius 1 is 1.04 bits per heavy atom. The highest BCUT2D eigenvalue weighted by Gasteiger charge is 2.25. The Balaban J connectivity index is 2.04. The lowest BCUT2D eigenvalue weighted by Gasteiger charge is -2.28. The third kappa shape index (κ3) is 9.55. The van der Waals surface area contributed by atoms with Crippen molar-refractivity contribution in [1.29, 1.82) is 0 Å². The molecule has 2 N–H and O–H groups in total. The third-order valence-corrected chi connectivity index (χ3v) is 4.25. The van der Waals surface area contributed by atoms with Crippen molar-refractivity contribution in [3.05, 3.63) is 0 Å². The first-order valence-electron chi connectivity index (χ1n) is 9.20. The maximum Gasteiger partial charge on any atom is 0.246 e. The zero-order valence-corrected chi connectivity index (χ0v) is 15.6. The molecule has 7 heteroatoms. The normalized spacial score (nSPS) is 20.3. The van der Waals surface area contributed by atoms with Crippen molar-refractivity contribution < 1.29 is 23.9 Å². The Morgan fingerprint density at radius 3 is 2.32 bits per heavy atom. The Morgan fingerprint density at radius 2 is 1.72 bits per heavy atom. The summed E-state index contributed by atoms with van der Waals surface area (Å²) >= 11 is 0. The van der Waals surface area contributed by atoms with Crippen molar-refractivity contribution in [2.45, 2.75) is 65.0 Å². The number of hydrogen-bond donors (Lipinski definition) is 2. The second kappa shape index (κ2) is 12.0. The zero-order chi connectivity index (χ0) is 18.7. The lowest BCUT2D eigenvalue weighted by atomic mass is 9.83. The predicted molar refractivity (Wildman–Crippen MR) is 94.1 cm³/mol. The Bertz CT molecular complexity index is 431. The zero-order valence-electron chi connectivity index (χ0n) is 15.6. The summed E-state index contributed by atoms with van der Waals surface area (Å²) in [7, 11) is 0. The number of ketones is 1. The van der Waals surface area contributed by atoms with Gasteiger partial charge in [0.2, 0.25) is 11.8 Å². The molecule has 0 spiro atoms. The standard InChI is InChI=1S/C18H32N2O5/c1-4-16(21)14-5-7-15(8-6-14)20-18(23)11-24-10-9-19-17(22)12-25-13(2)3/h13-15H,4-12H2,1-3H3,(H,19,22)(H,20,23). The molecule has 0 saturated heterocycles. The number of rotatable bonds is 11. The van der Waals surface area contributed by atoms with Crippen LogP contribution in [0.3, 0.4) is 0 Å². The average molecular weight is 356 g/mol. The predicted octanol–water partition coefficient (Wildman–Crippen LogP) is 1.20. The van der Waals surface area contributed by atoms with Gasteiger partial charge in [-0.25, -0.2) is 0 Å². The van der Waals surface area contributed by atoms with Crippen LogP contribution in [0.2, 0.25) is 0 Å². The van der Waals surface area contributed by atoms with Crippen molar-refractivity contribution in [3.8, 4) is 0 Å². The lowest BCUT2D eigenvalue weighted by molar-refractivity contribution is -0.127. The number of hydrogen-bond acceptors (Lipinski definition) is 5. The van der Waals surface area contributed by atoms with E-state index < -0.39 is 0 Å². The summed E-state index contributed by atoms with van der Waals surface area (Å²) < 4.78 is 10.4. The van der Waals surface area contributed by atoms with E-state index in [1.54, 1.807) is 0 Å². The summed E-state index contributed by atoms with van der Waals surface area (Å²) in [5.74, 6) is 0.145. The van der Waals surface area contributed by atoms with Crippen molar-refractivity contribution in [2.24, 2.45) is 5.92 Å². The smallest absolute Gasteiger partial charge is 0.246 e. The molecule has 0 heterocycles. The molecule has 0 unspecified atom stereocenters. The quantitative estimate of drug-likeness (QED) is 0.543. The molecule has 2 amide bonds. The number of amides is 2. The average Bonchev–Trinajstić information content (AvgIpc) is 2.59. The van der Waals surface area contributed by atoms with E-state index in [0.717, 1.165) is 25.7 Å². The van der Waals surface area contributed by atoms with E-state index in [4.69, 9.17) is 9.47 Å². The molecule has 1 aliphatic carbocycles. The van der Waals surface area contributed by atoms with Gasteiger partial charge in [0.1, 0.15) is 19.0 Å². The highest BCUT2D eigenvalue weighted by Crippen LogP contribution is 2.25. The van der Waals surface area contributed by atoms with Gasteiger partial charge in [0.05, 0.1) is 12.7 Å². The van der Waals surface area contributed by atoms with Gasteiger partial charge in [-0.3, -0.25) is 14.4 Å². The summed E-state index contributed by atoms with van der Waals surface area (Å²) in [6.45, 7) is 6.25. The summed E-state index contributed by atoms with van der Waals surface area (Å²) in [5, 5.41) is 5.61. The molecule has 0 aliphatic heterocycles. The molecule has 7 nitrogen and oxygen atoms in total. The third-order valence-electron chi connectivity index (χ3n) is 4.25. The van der Waals surface area contributed by atoms with Crippen molar-refractivity contribution in [3.63, 3.8) is 0 Å². The molecular weight excluding hydrogens is 324 g/mol. The molecule has 1 saturated carbocycles. The van der Waals surface area contributed by atoms with Crippen LogP contribution in [0.25, 0.3) is 0 Å². The highest BCUT2D eigenvalue weighted by atomic mass is 16.5. The molecule has 144 valence electrons. The van der Waals surface area contributed by atoms with Crippen LogP contribution < -0.4 is 10.6 Å². The second-order valence-electron chi connectivity index (χ2n) is 6.70. The first-order chi connectivity index (χ1) is 11.9. The maximum atomic E-state index is 11.8. The van der Waals surface area contributed by atoms with E-state index in [1.165, 1.54) is 0 Å². The molecule has 1 rings (SSSR count). The van der Waals surface area contributed by atoms with Gasteiger partial charge in [0.25, 0.3) is 0 Å². The minimum absolute atomic E-state index is 0.0147. The summed E-state index contributed by atoms with van der Waals surface area (Å²) in [6.07, 6.45) is 3.99. The summed E-state index contributed by atoms with van der Waals surface area (Å²) in [4.78, 5) is 34.9. The van der Waals surface area contributed by atoms with E-state index in [-0.39, 0.29) is 49.7 Å². The fourth-order valence-electron chi connectivity index (χ4n) is 2.84. The fraction of sp³-hybridized carbons (Fsp3) is 0.833. The molecule has 25 heavy (non-hydrogen) atoms. The molecule has 0 radical (unpaired) electrons. The minimum atomic E-state index is -0.194. The summed E-state index contributed by atoms with van der Waals surface area (Å²) in [6, 6.07) is 0.130. The van der Waals surface area contributed by atoms with Crippen LogP contribution in [0.1, 0.15) is 52.9 Å². The first kappa shape index (κ1) is 21.6. The number of Topliss-reactive ketones (excluding diaryl/α,β-unsaturated/α-hetero) is 1. The van der Waals surface area contributed by atoms with E-state index in [1.807, 2.05) is 20.8 Å². The molecule has 0 aromatic carbocycles. The second-order valence-corrected chi connectivity index (χ2v) is 6.70. The van der Waals surface area contributed by atoms with Crippen LogP contribution in [-0.4, -0.2) is 56.1 Å². The van der Waals surface area contributed by atoms with Crippen LogP contribution in [0.4, 0.5) is 0 Å². The molecule has 0 aromatic rings. The van der Waals surface area contributed by atoms with Crippen LogP contribution in [0.5, 0.6) is 0 Å². The van der Waals surface area contributed by atoms with E-state index in [2.05, 4.69) is 10.6 Å². The Hall–Kier alpha value is -1.47. The number of nitrogens with one attached hydrogen (secondary N) is 2. The van der Waals surface area contributed by atoms with Gasteiger partial charge >= 0.3 is 0 Å². The van der Waals surface area contributed by atoms with Crippen molar-refractivity contribution in [2.75, 3.05) is 26.4 Å². The highest BCUT2D eigenvalue weighted by molar-refractivity contribution is 5.81. The largest absolute Gasteiger partial charge is 0.370 e. The van der Waals surface area contributed by atoms with Gasteiger partial charge in [-0.2, -0.15) is 0 Å². The van der Waals surface area contributed by atoms with E-state index in [0.29, 0.717) is 18.7 Å². The van der Waals surface area contributed by atoms with Crippen molar-refractivity contribution in [1.82, 2.24) is 10.6 Å². The van der Waals surface area contributed by atoms with Gasteiger partial charge in [0.15, 0.2) is 0 Å². The molecule has 0 atom stereocenters. The first-order valence-corrected chi connectivity index (χ1v) is 9.20. The summed E-state index contributed by atoms with van der Waals surface area (Å²) in [5.41, 5.74) is 0. The van der Waals surface area contributed by atoms with Crippen LogP contribution >= 0.6 is 0 Å². The minimum Gasteiger partial charge on any atom is -0.370 e. The Kier molecular flexibility index (Phi) is 10.3. The SMILES string of the molecule is CCC(=O)C1CCC(NC(=O)COCCNC(=O)COC(C)C)CC1. The molecule has 0 bridgehead atoms. The maximum absolute atomic E-state index is 11.8. The monoisotopic (exact) mass is 356 g/mol. The van der Waals surface area contributed by atoms with Crippen molar-refractivity contribution >= 4 is 17.6 Å². The topological polar surface area (TPSA) is 93.7 Å². The van der Waals surface area contributed by atoms with Crippen LogP contribution in [0.15, 0.2) is 0 Å².